The van der Waals surface area contributed by atoms with Gasteiger partial charge in [-0.2, -0.15) is 0 Å². The Morgan fingerprint density at radius 3 is 2.28 bits per heavy atom. The van der Waals surface area contributed by atoms with E-state index in [0.29, 0.717) is 30.9 Å². The van der Waals surface area contributed by atoms with Gasteiger partial charge in [-0.25, -0.2) is 17.9 Å². The van der Waals surface area contributed by atoms with E-state index in [4.69, 9.17) is 4.74 Å². The van der Waals surface area contributed by atoms with Gasteiger partial charge >= 0.3 is 5.97 Å². The van der Waals surface area contributed by atoms with Crippen LogP contribution in [0.15, 0.2) is 76.8 Å². The van der Waals surface area contributed by atoms with Gasteiger partial charge < -0.3 is 25.2 Å². The Morgan fingerprint density at radius 1 is 1.00 bits per heavy atom. The van der Waals surface area contributed by atoms with Crippen molar-refractivity contribution in [3.8, 4) is 5.75 Å². The van der Waals surface area contributed by atoms with Gasteiger partial charge in [-0.3, -0.25) is 9.59 Å². The third kappa shape index (κ3) is 9.69. The molecule has 1 heterocycles. The number of unbranched alkanes of at least 4 members (excludes halogenated alkanes) is 1. The number of sulfonamides is 1. The molecule has 3 rings (SSSR count). The van der Waals surface area contributed by atoms with E-state index in [0.717, 1.165) is 18.4 Å². The minimum atomic E-state index is -4.21. The molecule has 0 unspecified atom stereocenters. The van der Waals surface area contributed by atoms with E-state index in [9.17, 15) is 33.0 Å². The monoisotopic (exact) mass is 613 g/mol. The van der Waals surface area contributed by atoms with Crippen LogP contribution in [0.4, 0.5) is 0 Å². The van der Waals surface area contributed by atoms with Crippen molar-refractivity contribution in [3.05, 3.63) is 83.1 Å². The van der Waals surface area contributed by atoms with Gasteiger partial charge in [0.1, 0.15) is 11.4 Å². The van der Waals surface area contributed by atoms with Crippen LogP contribution in [-0.4, -0.2) is 74.2 Å². The van der Waals surface area contributed by atoms with Crippen LogP contribution in [0.2, 0.25) is 0 Å². The largest absolute Gasteiger partial charge is 0.494 e. The zero-order valence-corrected chi connectivity index (χ0v) is 25.4. The molecule has 2 amide bonds. The van der Waals surface area contributed by atoms with Crippen LogP contribution in [0.3, 0.4) is 0 Å². The van der Waals surface area contributed by atoms with Crippen LogP contribution >= 0.6 is 0 Å². The van der Waals surface area contributed by atoms with E-state index in [1.807, 2.05) is 4.72 Å². The molecule has 0 saturated carbocycles. The SMILES string of the molecule is CCCCOc1ccc(C(=O)NCCc2ccc(S(=O)(=O)NC(=O)C3=CC=C(C(=O)O)N(CC(C)(C)CO)C3)cc2)cc1. The number of hydrogen-bond donors (Lipinski definition) is 4. The minimum absolute atomic E-state index is 0.0574. The van der Waals surface area contributed by atoms with Crippen LogP contribution in [0, 0.1) is 5.41 Å². The van der Waals surface area contributed by atoms with Crippen LogP contribution < -0.4 is 14.8 Å². The Morgan fingerprint density at radius 2 is 1.67 bits per heavy atom. The van der Waals surface area contributed by atoms with Crippen molar-refractivity contribution in [2.45, 2.75) is 44.9 Å². The zero-order chi connectivity index (χ0) is 31.6. The summed E-state index contributed by atoms with van der Waals surface area (Å²) in [5, 5.41) is 21.9. The number of aliphatic carboxylic acids is 1. The summed E-state index contributed by atoms with van der Waals surface area (Å²) in [6, 6.07) is 12.9. The second-order valence-corrected chi connectivity index (χ2v) is 12.7. The predicted molar refractivity (Wildman–Crippen MR) is 161 cm³/mol. The molecule has 11 nitrogen and oxygen atoms in total. The predicted octanol–water partition coefficient (Wildman–Crippen LogP) is 2.87. The number of carbonyl (C=O) groups is 3. The maximum atomic E-state index is 12.9. The number of amides is 2. The minimum Gasteiger partial charge on any atom is -0.494 e. The Labute approximate surface area is 252 Å². The lowest BCUT2D eigenvalue weighted by Crippen LogP contribution is -2.43. The first-order valence-corrected chi connectivity index (χ1v) is 15.5. The quantitative estimate of drug-likeness (QED) is 0.221. The molecular formula is C31H39N3O8S. The molecule has 4 N–H and O–H groups in total. The van der Waals surface area contributed by atoms with Crippen LogP contribution in [0.1, 0.15) is 49.5 Å². The molecule has 232 valence electrons. The van der Waals surface area contributed by atoms with E-state index >= 15 is 0 Å². The molecule has 0 spiro atoms. The van der Waals surface area contributed by atoms with Crippen molar-refractivity contribution in [2.75, 3.05) is 32.8 Å². The molecule has 0 saturated heterocycles. The van der Waals surface area contributed by atoms with E-state index in [1.165, 1.54) is 29.2 Å². The fraction of sp³-hybridized carbons (Fsp3) is 0.387. The Bertz CT molecular complexity index is 1460. The lowest BCUT2D eigenvalue weighted by atomic mass is 9.93. The van der Waals surface area contributed by atoms with Crippen LogP contribution in [0.5, 0.6) is 5.75 Å². The highest BCUT2D eigenvalue weighted by molar-refractivity contribution is 7.90. The maximum absolute atomic E-state index is 12.9. The summed E-state index contributed by atoms with van der Waals surface area (Å²) in [6.07, 6.45) is 4.98. The highest BCUT2D eigenvalue weighted by Gasteiger charge is 2.30. The van der Waals surface area contributed by atoms with E-state index < -0.39 is 27.3 Å². The number of allylic oxidation sites excluding steroid dienone is 2. The summed E-state index contributed by atoms with van der Waals surface area (Å²) in [5.74, 6) is -1.60. The Balaban J connectivity index is 1.55. The summed E-state index contributed by atoms with van der Waals surface area (Å²) in [4.78, 5) is 38.3. The van der Waals surface area contributed by atoms with E-state index in [2.05, 4.69) is 12.2 Å². The average Bonchev–Trinajstić information content (AvgIpc) is 2.97. The summed E-state index contributed by atoms with van der Waals surface area (Å²) in [5.41, 5.74) is 0.640. The van der Waals surface area contributed by atoms with Crippen LogP contribution in [0.25, 0.3) is 0 Å². The van der Waals surface area contributed by atoms with Gasteiger partial charge in [-0.05, 0) is 67.0 Å². The van der Waals surface area contributed by atoms with Crippen molar-refractivity contribution in [1.82, 2.24) is 14.9 Å². The van der Waals surface area contributed by atoms with Gasteiger partial charge in [0.25, 0.3) is 21.8 Å². The molecule has 43 heavy (non-hydrogen) atoms. The van der Waals surface area contributed by atoms with Crippen molar-refractivity contribution < 1.29 is 37.8 Å². The van der Waals surface area contributed by atoms with Gasteiger partial charge in [-0.1, -0.05) is 39.3 Å². The number of carboxylic acids is 1. The fourth-order valence-electron chi connectivity index (χ4n) is 4.23. The van der Waals surface area contributed by atoms with Crippen molar-refractivity contribution in [3.63, 3.8) is 0 Å². The molecule has 0 aromatic heterocycles. The standard InChI is InChI=1S/C31H39N3O8S/c1-4-5-18-42-25-11-8-23(9-12-25)28(36)32-17-16-22-6-13-26(14-7-22)43(40,41)33-29(37)24-10-15-27(30(38)39)34(19-24)20-31(2,3)21-35/h6-15,35H,4-5,16-21H2,1-3H3,(H,32,36)(H,33,37)(H,38,39). The first-order chi connectivity index (χ1) is 20.3. The molecule has 2 aromatic rings. The first-order valence-electron chi connectivity index (χ1n) is 14.0. The summed E-state index contributed by atoms with van der Waals surface area (Å²) in [7, 11) is -4.21. The number of hydrogen-bond acceptors (Lipinski definition) is 8. The number of aliphatic hydroxyl groups is 1. The molecule has 0 fully saturated rings. The van der Waals surface area contributed by atoms with Crippen molar-refractivity contribution in [1.29, 1.82) is 0 Å². The molecule has 12 heteroatoms. The number of rotatable bonds is 15. The summed E-state index contributed by atoms with van der Waals surface area (Å²) in [6.45, 7) is 6.34. The van der Waals surface area contributed by atoms with Gasteiger partial charge in [0.05, 0.1) is 11.5 Å². The average molecular weight is 614 g/mol. The summed E-state index contributed by atoms with van der Waals surface area (Å²) >= 11 is 0. The third-order valence-corrected chi connectivity index (χ3v) is 8.09. The number of ether oxygens (including phenoxy) is 1. The number of carbonyl (C=O) groups excluding carboxylic acids is 2. The lowest BCUT2D eigenvalue weighted by Gasteiger charge is -2.35. The topological polar surface area (TPSA) is 162 Å². The van der Waals surface area contributed by atoms with Gasteiger partial charge in [0, 0.05) is 42.8 Å². The molecule has 1 aliphatic heterocycles. The molecule has 0 radical (unpaired) electrons. The Hall–Kier alpha value is -4.16. The number of aliphatic hydroxyl groups excluding tert-OH is 1. The molecule has 0 aliphatic carbocycles. The zero-order valence-electron chi connectivity index (χ0n) is 24.6. The molecule has 2 aromatic carbocycles. The Kier molecular flexibility index (Phi) is 11.5. The number of nitrogens with one attached hydrogen (secondary N) is 2. The summed E-state index contributed by atoms with van der Waals surface area (Å²) < 4.78 is 33.5. The van der Waals surface area contributed by atoms with Gasteiger partial charge in [0.2, 0.25) is 0 Å². The van der Waals surface area contributed by atoms with Gasteiger partial charge in [-0.15, -0.1) is 0 Å². The number of benzene rings is 2. The number of carboxylic acid groups (broad SMARTS) is 1. The van der Waals surface area contributed by atoms with Crippen molar-refractivity contribution >= 4 is 27.8 Å². The lowest BCUT2D eigenvalue weighted by molar-refractivity contribution is -0.134. The smallest absolute Gasteiger partial charge is 0.352 e. The third-order valence-electron chi connectivity index (χ3n) is 6.75. The molecule has 0 bridgehead atoms. The highest BCUT2D eigenvalue weighted by atomic mass is 32.2. The second-order valence-electron chi connectivity index (χ2n) is 11.0. The fourth-order valence-corrected chi connectivity index (χ4v) is 5.22. The first kappa shape index (κ1) is 33.3. The van der Waals surface area contributed by atoms with Crippen LogP contribution in [-0.2, 0) is 26.0 Å². The van der Waals surface area contributed by atoms with E-state index in [-0.39, 0.29) is 41.8 Å². The highest BCUT2D eigenvalue weighted by Crippen LogP contribution is 2.23. The van der Waals surface area contributed by atoms with E-state index in [1.54, 1.807) is 50.2 Å². The maximum Gasteiger partial charge on any atom is 0.352 e. The second kappa shape index (κ2) is 14.8. The molecular weight excluding hydrogens is 574 g/mol. The molecule has 0 atom stereocenters. The normalized spacial score (nSPS) is 13.5. The van der Waals surface area contributed by atoms with Gasteiger partial charge in [0.15, 0.2) is 0 Å². The number of nitrogens with zero attached hydrogens (tertiary/aromatic N) is 1. The van der Waals surface area contributed by atoms with Crippen molar-refractivity contribution in [2.24, 2.45) is 5.41 Å². The molecule has 1 aliphatic rings.